The van der Waals surface area contributed by atoms with Gasteiger partial charge in [-0.25, -0.2) is 0 Å². The van der Waals surface area contributed by atoms with E-state index < -0.39 is 0 Å². The van der Waals surface area contributed by atoms with Gasteiger partial charge in [-0.05, 0) is 12.0 Å². The molecule has 1 aromatic carbocycles. The fourth-order valence-electron chi connectivity index (χ4n) is 0.763. The molecule has 0 saturated heterocycles. The molecular formula is C8H18N2O2. The summed E-state index contributed by atoms with van der Waals surface area (Å²) >= 11 is 0. The van der Waals surface area contributed by atoms with Crippen molar-refractivity contribution in [3.05, 3.63) is 35.9 Å². The maximum atomic E-state index is 10.1. The molecule has 0 radical (unpaired) electrons. The molecule has 0 aliphatic heterocycles. The summed E-state index contributed by atoms with van der Waals surface area (Å²) in [5.41, 5.74) is 1.13. The molecule has 0 fully saturated rings. The molecule has 0 unspecified atom stereocenters. The fraction of sp³-hybridized carbons (Fsp3) is 0.250. The predicted octanol–water partition coefficient (Wildman–Crippen LogP) is 1.16. The lowest BCUT2D eigenvalue weighted by Gasteiger charge is -2.01. The van der Waals surface area contributed by atoms with E-state index in [1.54, 1.807) is 0 Å². The molecule has 1 aromatic rings. The first-order valence-corrected chi connectivity index (χ1v) is 3.05. The highest BCUT2D eigenvalue weighted by Crippen LogP contribution is 1.96. The van der Waals surface area contributed by atoms with Crippen molar-refractivity contribution in [3.63, 3.8) is 0 Å². The van der Waals surface area contributed by atoms with Gasteiger partial charge in [0.25, 0.3) is 0 Å². The lowest BCUT2D eigenvalue weighted by Crippen LogP contribution is -2.07. The Kier molecular flexibility index (Phi) is 14.4. The summed E-state index contributed by atoms with van der Waals surface area (Å²) in [6, 6.07) is 9.79. The third kappa shape index (κ3) is 5.82. The molecule has 4 nitrogen and oxygen atoms in total. The summed E-state index contributed by atoms with van der Waals surface area (Å²) in [6.07, 6.45) is 0.654. The third-order valence-corrected chi connectivity index (χ3v) is 1.23. The number of hydrogen-bond acceptors (Lipinski definition) is 2. The standard InChI is InChI=1S/C8H9O.2H3N.H2O/c9-7-6-8-4-2-1-3-5-8;;;/h1-5H,6-7H2;2*1H3;1H2/q-1;;;/p+1. The van der Waals surface area contributed by atoms with E-state index in [4.69, 9.17) is 0 Å². The van der Waals surface area contributed by atoms with Crippen molar-refractivity contribution in [1.82, 2.24) is 12.3 Å². The number of quaternary nitrogens is 2. The van der Waals surface area contributed by atoms with Crippen LogP contribution in [0, 0.1) is 0 Å². The Bertz CT molecular complexity index is 168. The van der Waals surface area contributed by atoms with Crippen LogP contribution in [0.3, 0.4) is 0 Å². The summed E-state index contributed by atoms with van der Waals surface area (Å²) in [5.74, 6) is 0. The van der Waals surface area contributed by atoms with Crippen LogP contribution in [-0.4, -0.2) is 12.1 Å². The second kappa shape index (κ2) is 10.1. The van der Waals surface area contributed by atoms with E-state index in [0.29, 0.717) is 6.42 Å². The molecule has 0 spiro atoms. The molecule has 0 aromatic heterocycles. The van der Waals surface area contributed by atoms with Crippen molar-refractivity contribution >= 4 is 0 Å². The highest BCUT2D eigenvalue weighted by atomic mass is 16.2. The van der Waals surface area contributed by atoms with Crippen LogP contribution >= 0.6 is 0 Å². The van der Waals surface area contributed by atoms with Crippen LogP contribution in [0.1, 0.15) is 5.56 Å². The molecule has 4 heteroatoms. The SMILES string of the molecule is [NH4+].[NH4+].[O-]CCc1ccccc1.[OH-]. The Balaban J connectivity index is -0.000000270. The lowest BCUT2D eigenvalue weighted by atomic mass is 10.2. The van der Waals surface area contributed by atoms with Gasteiger partial charge in [-0.1, -0.05) is 30.3 Å². The Morgan fingerprint density at radius 1 is 1.00 bits per heavy atom. The second-order valence-electron chi connectivity index (χ2n) is 1.94. The quantitative estimate of drug-likeness (QED) is 0.697. The number of hydrogen-bond donors (Lipinski definition) is 2. The van der Waals surface area contributed by atoms with E-state index in [0.717, 1.165) is 5.56 Å². The second-order valence-corrected chi connectivity index (χ2v) is 1.94. The van der Waals surface area contributed by atoms with Crippen LogP contribution in [0.2, 0.25) is 0 Å². The van der Waals surface area contributed by atoms with E-state index in [-0.39, 0.29) is 24.4 Å². The van der Waals surface area contributed by atoms with Crippen LogP contribution in [0.5, 0.6) is 0 Å². The van der Waals surface area contributed by atoms with Gasteiger partial charge in [-0.2, -0.15) is 0 Å². The summed E-state index contributed by atoms with van der Waals surface area (Å²) in [6.45, 7) is -0.00991. The van der Waals surface area contributed by atoms with Crippen molar-refractivity contribution in [2.75, 3.05) is 6.61 Å². The smallest absolute Gasteiger partial charge is 0.0433 e. The minimum Gasteiger partial charge on any atom is -0.870 e. The summed E-state index contributed by atoms with van der Waals surface area (Å²) < 4.78 is 0. The molecular weight excluding hydrogens is 156 g/mol. The van der Waals surface area contributed by atoms with E-state index in [1.807, 2.05) is 30.3 Å². The Labute approximate surface area is 72.7 Å². The minimum absolute atomic E-state index is 0. The highest BCUT2D eigenvalue weighted by Gasteiger charge is 1.81. The first kappa shape index (κ1) is 17.2. The maximum Gasteiger partial charge on any atom is -0.0433 e. The molecule has 0 saturated carbocycles. The molecule has 12 heavy (non-hydrogen) atoms. The maximum absolute atomic E-state index is 10.1. The topological polar surface area (TPSA) is 126 Å². The molecule has 72 valence electrons. The lowest BCUT2D eigenvalue weighted by molar-refractivity contribution is -0.366. The van der Waals surface area contributed by atoms with Crippen molar-refractivity contribution in [1.29, 1.82) is 0 Å². The number of rotatable bonds is 2. The van der Waals surface area contributed by atoms with Gasteiger partial charge in [0.1, 0.15) is 0 Å². The van der Waals surface area contributed by atoms with Gasteiger partial charge in [0.05, 0.1) is 0 Å². The van der Waals surface area contributed by atoms with Crippen molar-refractivity contribution < 1.29 is 10.6 Å². The van der Waals surface area contributed by atoms with Gasteiger partial charge in [-0.15, -0.1) is 6.61 Å². The Hall–Kier alpha value is -0.940. The van der Waals surface area contributed by atoms with Gasteiger partial charge < -0.3 is 22.9 Å². The molecule has 0 bridgehead atoms. The molecule has 0 atom stereocenters. The van der Waals surface area contributed by atoms with Crippen LogP contribution in [0.4, 0.5) is 0 Å². The largest absolute Gasteiger partial charge is 0.870 e. The van der Waals surface area contributed by atoms with Crippen LogP contribution in [-0.2, 0) is 6.42 Å². The monoisotopic (exact) mass is 174 g/mol. The fourth-order valence-corrected chi connectivity index (χ4v) is 0.763. The van der Waals surface area contributed by atoms with Gasteiger partial charge in [0.15, 0.2) is 0 Å². The van der Waals surface area contributed by atoms with E-state index in [9.17, 15) is 5.11 Å². The summed E-state index contributed by atoms with van der Waals surface area (Å²) in [5, 5.41) is 10.1. The Morgan fingerprint density at radius 2 is 1.50 bits per heavy atom. The van der Waals surface area contributed by atoms with Gasteiger partial charge in [-0.3, -0.25) is 0 Å². The molecule has 1 rings (SSSR count). The van der Waals surface area contributed by atoms with Gasteiger partial charge in [0.2, 0.25) is 0 Å². The van der Waals surface area contributed by atoms with Gasteiger partial charge >= 0.3 is 0 Å². The van der Waals surface area contributed by atoms with Crippen molar-refractivity contribution in [2.45, 2.75) is 6.42 Å². The molecule has 0 heterocycles. The highest BCUT2D eigenvalue weighted by molar-refractivity contribution is 5.14. The predicted molar refractivity (Wildman–Crippen MR) is 48.9 cm³/mol. The summed E-state index contributed by atoms with van der Waals surface area (Å²) in [4.78, 5) is 0. The zero-order chi connectivity index (χ0) is 6.53. The number of benzene rings is 1. The molecule has 0 aliphatic rings. The Morgan fingerprint density at radius 3 is 1.92 bits per heavy atom. The van der Waals surface area contributed by atoms with Crippen LogP contribution < -0.4 is 17.4 Å². The first-order chi connectivity index (χ1) is 4.43. The van der Waals surface area contributed by atoms with E-state index in [1.165, 1.54) is 0 Å². The van der Waals surface area contributed by atoms with Gasteiger partial charge in [0, 0.05) is 0 Å². The van der Waals surface area contributed by atoms with Crippen molar-refractivity contribution in [2.24, 2.45) is 0 Å². The normalized spacial score (nSPS) is 7.08. The summed E-state index contributed by atoms with van der Waals surface area (Å²) in [7, 11) is 0. The zero-order valence-electron chi connectivity index (χ0n) is 7.66. The third-order valence-electron chi connectivity index (χ3n) is 1.23. The zero-order valence-corrected chi connectivity index (χ0v) is 7.66. The molecule has 0 aliphatic carbocycles. The first-order valence-electron chi connectivity index (χ1n) is 3.05. The molecule has 0 amide bonds. The average molecular weight is 174 g/mol. The van der Waals surface area contributed by atoms with E-state index in [2.05, 4.69) is 0 Å². The average Bonchev–Trinajstić information content (AvgIpc) is 1.91. The van der Waals surface area contributed by atoms with Crippen LogP contribution in [0.25, 0.3) is 0 Å². The van der Waals surface area contributed by atoms with E-state index >= 15 is 0 Å². The molecule has 9 N–H and O–H groups in total. The van der Waals surface area contributed by atoms with Crippen LogP contribution in [0.15, 0.2) is 30.3 Å². The minimum atomic E-state index is -0.00991. The van der Waals surface area contributed by atoms with Crippen molar-refractivity contribution in [3.8, 4) is 0 Å².